The summed E-state index contributed by atoms with van der Waals surface area (Å²) < 4.78 is 30.2. The van der Waals surface area contributed by atoms with Crippen molar-refractivity contribution in [2.24, 2.45) is 0 Å². The molecule has 0 bridgehead atoms. The van der Waals surface area contributed by atoms with E-state index in [0.29, 0.717) is 23.9 Å². The molecule has 0 aliphatic rings. The lowest BCUT2D eigenvalue weighted by Crippen LogP contribution is -2.47. The van der Waals surface area contributed by atoms with Gasteiger partial charge in [-0.05, 0) is 115 Å². The van der Waals surface area contributed by atoms with E-state index in [9.17, 15) is 19.0 Å². The minimum Gasteiger partial charge on any atom is -0.756 e. The molecule has 0 saturated carbocycles. The lowest BCUT2D eigenvalue weighted by atomic mass is 10.0. The third-order valence-corrected chi connectivity index (χ3v) is 13.2. The fourth-order valence-electron chi connectivity index (χ4n) is 7.69. The zero-order chi connectivity index (χ0) is 56.4. The van der Waals surface area contributed by atoms with Crippen molar-refractivity contribution in [1.29, 1.82) is 0 Å². The maximum absolute atomic E-state index is 13.5. The van der Waals surface area contributed by atoms with Crippen molar-refractivity contribution in [2.45, 2.75) is 226 Å². The molecule has 0 fully saturated rings. The zero-order valence-corrected chi connectivity index (χ0v) is 50.5. The Morgan fingerprint density at radius 3 is 1.27 bits per heavy atom. The van der Waals surface area contributed by atoms with E-state index in [1.165, 1.54) is 57.8 Å². The molecule has 1 amide bonds. The summed E-state index contributed by atoms with van der Waals surface area (Å²) in [5.41, 5.74) is 0. The van der Waals surface area contributed by atoms with Gasteiger partial charge in [0.15, 0.2) is 0 Å². The summed E-state index contributed by atoms with van der Waals surface area (Å²) in [7, 11) is 1.09. The molecule has 9 nitrogen and oxygen atoms in total. The second kappa shape index (κ2) is 55.2. The number of hydrogen-bond donors (Lipinski definition) is 1. The number of unbranched alkanes of at least 4 members (excludes halogenated alkanes) is 14. The number of nitrogens with zero attached hydrogens (tertiary/aromatic N) is 1. The van der Waals surface area contributed by atoms with Crippen LogP contribution in [0.1, 0.15) is 213 Å². The van der Waals surface area contributed by atoms with E-state index < -0.39 is 32.5 Å². The lowest BCUT2D eigenvalue weighted by Gasteiger charge is -2.30. The number of hydrogen-bond acceptors (Lipinski definition) is 7. The minimum absolute atomic E-state index is 0.0500. The molecule has 0 aromatic carbocycles. The van der Waals surface area contributed by atoms with Gasteiger partial charge < -0.3 is 28.5 Å². The Labute approximate surface area is 472 Å². The molecule has 0 saturated heterocycles. The smallest absolute Gasteiger partial charge is 0.306 e. The topological polar surface area (TPSA) is 114 Å². The molecule has 0 radical (unpaired) electrons. The Bertz CT molecular complexity index is 1830. The van der Waals surface area contributed by atoms with Crippen LogP contribution in [0.5, 0.6) is 0 Å². The molecule has 1 N–H and O–H groups in total. The number of ether oxygens (including phenoxy) is 1. The maximum atomic E-state index is 13.5. The van der Waals surface area contributed by atoms with Crippen molar-refractivity contribution in [3.8, 4) is 0 Å². The van der Waals surface area contributed by atoms with Gasteiger partial charge in [0, 0.05) is 12.8 Å². The summed E-state index contributed by atoms with van der Waals surface area (Å²) in [4.78, 5) is 39.9. The van der Waals surface area contributed by atoms with E-state index in [1.54, 1.807) is 6.08 Å². The standard InChI is InChI=1S/C67H111N2O7P/c1-7-10-13-16-19-22-25-28-30-32-34-36-38-41-44-47-50-53-56-59-66(70)68-64(63-75-77(72,73)74-62-61-69(4,5)6)65(58-55-52-49-46-43-40-27-24-21-18-15-12-9-3)76-67(71)60-57-54-51-48-45-42-39-37-35-33-31-29-26-23-20-17-14-11-8-2/h10-11,13-14,19-20,22-23,28-31,34-37,41-42,44-45,50,53,55,58,64-65H,7-9,12,15-18,21,24-27,32-33,38-40,43,46-49,51-52,54,56-57,59-63H2,1-6H3,(H-,68,70,72,73)/b13-10-,14-11-,22-19-,23-20-,30-28-,31-29-,36-34-,37-35-,44-41-,45-42-,53-50-,58-55+. The number of quaternary nitrogens is 1. The predicted molar refractivity (Wildman–Crippen MR) is 329 cm³/mol. The second-order valence-electron chi connectivity index (χ2n) is 20.7. The lowest BCUT2D eigenvalue weighted by molar-refractivity contribution is -0.870. The van der Waals surface area contributed by atoms with Crippen LogP contribution in [0.25, 0.3) is 0 Å². The van der Waals surface area contributed by atoms with Gasteiger partial charge >= 0.3 is 5.97 Å². The fourth-order valence-corrected chi connectivity index (χ4v) is 8.41. The van der Waals surface area contributed by atoms with Gasteiger partial charge in [0.1, 0.15) is 19.3 Å². The Morgan fingerprint density at radius 1 is 0.468 bits per heavy atom. The molecule has 3 atom stereocenters. The highest BCUT2D eigenvalue weighted by molar-refractivity contribution is 7.45. The quantitative estimate of drug-likeness (QED) is 0.0212. The van der Waals surface area contributed by atoms with E-state index in [1.807, 2.05) is 39.4 Å². The molecular formula is C67H111N2O7P. The number of carbonyl (C=O) groups excluding carboxylic acids is 2. The monoisotopic (exact) mass is 1090 g/mol. The van der Waals surface area contributed by atoms with Gasteiger partial charge in [0.25, 0.3) is 7.82 Å². The molecule has 0 rings (SSSR count). The van der Waals surface area contributed by atoms with Crippen LogP contribution in [-0.4, -0.2) is 69.4 Å². The van der Waals surface area contributed by atoms with Crippen LogP contribution in [0.4, 0.5) is 0 Å². The average molecular weight is 1090 g/mol. The number of amides is 1. The normalized spacial score (nSPS) is 14.7. The Morgan fingerprint density at radius 2 is 0.844 bits per heavy atom. The Kier molecular flexibility index (Phi) is 52.3. The van der Waals surface area contributed by atoms with E-state index in [2.05, 4.69) is 148 Å². The third kappa shape index (κ3) is 56.4. The summed E-state index contributed by atoms with van der Waals surface area (Å²) >= 11 is 0. The third-order valence-electron chi connectivity index (χ3n) is 12.3. The molecule has 0 spiro atoms. The van der Waals surface area contributed by atoms with Crippen LogP contribution in [-0.2, 0) is 27.9 Å². The van der Waals surface area contributed by atoms with Crippen LogP contribution in [0.3, 0.4) is 0 Å². The highest BCUT2D eigenvalue weighted by Crippen LogP contribution is 2.38. The molecule has 3 unspecified atom stereocenters. The fraction of sp³-hybridized carbons (Fsp3) is 0.612. The molecule has 0 aliphatic carbocycles. The van der Waals surface area contributed by atoms with Crippen molar-refractivity contribution < 1.29 is 37.3 Å². The first-order valence-corrected chi connectivity index (χ1v) is 31.6. The number of phosphoric ester groups is 1. The largest absolute Gasteiger partial charge is 0.756 e. The summed E-state index contributed by atoms with van der Waals surface area (Å²) in [6, 6.07) is -0.954. The summed E-state index contributed by atoms with van der Waals surface area (Å²) in [5, 5.41) is 2.96. The van der Waals surface area contributed by atoms with E-state index in [0.717, 1.165) is 109 Å². The van der Waals surface area contributed by atoms with Crippen molar-refractivity contribution >= 4 is 19.7 Å². The molecule has 10 heteroatoms. The summed E-state index contributed by atoms with van der Waals surface area (Å²) in [5.74, 6) is -0.689. The van der Waals surface area contributed by atoms with Gasteiger partial charge in [-0.25, -0.2) is 0 Å². The van der Waals surface area contributed by atoms with E-state index >= 15 is 0 Å². The number of nitrogens with one attached hydrogen (secondary N) is 1. The number of esters is 1. The van der Waals surface area contributed by atoms with Gasteiger partial charge in [0.05, 0.1) is 33.8 Å². The van der Waals surface area contributed by atoms with E-state index in [-0.39, 0.29) is 25.4 Å². The van der Waals surface area contributed by atoms with Crippen LogP contribution in [0, 0.1) is 0 Å². The summed E-state index contributed by atoms with van der Waals surface area (Å²) in [6.45, 7) is 6.51. The molecule has 0 heterocycles. The predicted octanol–water partition coefficient (Wildman–Crippen LogP) is 18.0. The highest BCUT2D eigenvalue weighted by Gasteiger charge is 2.27. The van der Waals surface area contributed by atoms with Crippen molar-refractivity contribution in [2.75, 3.05) is 40.9 Å². The minimum atomic E-state index is -4.74. The van der Waals surface area contributed by atoms with Crippen molar-refractivity contribution in [3.05, 3.63) is 146 Å². The van der Waals surface area contributed by atoms with Gasteiger partial charge in [-0.15, -0.1) is 0 Å². The van der Waals surface area contributed by atoms with Crippen LogP contribution in [0.15, 0.2) is 146 Å². The maximum Gasteiger partial charge on any atom is 0.306 e. The molecule has 0 aliphatic heterocycles. The van der Waals surface area contributed by atoms with Crippen LogP contribution < -0.4 is 10.2 Å². The number of phosphoric acid groups is 1. The van der Waals surface area contributed by atoms with Crippen LogP contribution in [0.2, 0.25) is 0 Å². The first kappa shape index (κ1) is 72.9. The highest BCUT2D eigenvalue weighted by atomic mass is 31.2. The Balaban J connectivity index is 5.52. The zero-order valence-electron chi connectivity index (χ0n) is 49.6. The molecule has 0 aromatic heterocycles. The van der Waals surface area contributed by atoms with Gasteiger partial charge in [0.2, 0.25) is 5.91 Å². The number of allylic oxidation sites excluding steroid dienone is 23. The van der Waals surface area contributed by atoms with Gasteiger partial charge in [-0.2, -0.15) is 0 Å². The summed E-state index contributed by atoms with van der Waals surface area (Å²) in [6.07, 6.45) is 79.7. The first-order chi connectivity index (χ1) is 37.4. The van der Waals surface area contributed by atoms with E-state index in [4.69, 9.17) is 13.8 Å². The molecule has 0 aromatic rings. The SMILES string of the molecule is CC/C=C\C/C=C\C/C=C\C/C=C\C/C=C\C/C=C\CCC(=O)NC(COP(=O)([O-])OCC[N+](C)(C)C)C(/C=C/CCCCCCCCCCCCC)OC(=O)CCCCC/C=C\C/C=C\C/C=C\C/C=C\C/C=C\CC. The molecule has 77 heavy (non-hydrogen) atoms. The number of likely N-dealkylation sites (N-methyl/N-ethyl adjacent to an activating group) is 1. The first-order valence-electron chi connectivity index (χ1n) is 30.1. The molecule has 436 valence electrons. The van der Waals surface area contributed by atoms with Crippen molar-refractivity contribution in [1.82, 2.24) is 5.32 Å². The number of rotatable bonds is 52. The van der Waals surface area contributed by atoms with Gasteiger partial charge in [-0.3, -0.25) is 14.2 Å². The van der Waals surface area contributed by atoms with Crippen LogP contribution >= 0.6 is 7.82 Å². The van der Waals surface area contributed by atoms with Crippen molar-refractivity contribution in [3.63, 3.8) is 0 Å². The number of carbonyl (C=O) groups is 2. The average Bonchev–Trinajstić information content (AvgIpc) is 3.39. The second-order valence-corrected chi connectivity index (χ2v) is 22.1. The van der Waals surface area contributed by atoms with Gasteiger partial charge in [-0.1, -0.05) is 231 Å². The molecular weight excluding hydrogens is 976 g/mol. The Hall–Kier alpha value is -4.11.